The van der Waals surface area contributed by atoms with Crippen molar-refractivity contribution >= 4 is 31.5 Å². The summed E-state index contributed by atoms with van der Waals surface area (Å²) < 4.78 is 2.63. The van der Waals surface area contributed by atoms with Crippen molar-refractivity contribution in [2.75, 3.05) is 0 Å². The van der Waals surface area contributed by atoms with E-state index in [9.17, 15) is 0 Å². The molecular formula is C60H36N2S. The minimum atomic E-state index is -0.639. The Balaban J connectivity index is 1.11. The van der Waals surface area contributed by atoms with Crippen LogP contribution in [0.4, 0.5) is 0 Å². The molecule has 2 nitrogen and oxygen atoms in total. The molecule has 9 aromatic carbocycles. The van der Waals surface area contributed by atoms with E-state index in [0.717, 1.165) is 28.1 Å². The molecule has 3 heteroatoms. The fraction of sp³-hybridized carbons (Fsp3) is 0.0333. The highest BCUT2D eigenvalue weighted by Gasteiger charge is 2.59. The number of aromatic nitrogens is 2. The van der Waals surface area contributed by atoms with Crippen LogP contribution in [0.2, 0.25) is 0 Å². The van der Waals surface area contributed by atoms with Crippen LogP contribution in [0.5, 0.6) is 0 Å². The van der Waals surface area contributed by atoms with Gasteiger partial charge in [0.1, 0.15) is 0 Å². The molecule has 2 spiro atoms. The predicted molar refractivity (Wildman–Crippen MR) is 259 cm³/mol. The minimum Gasteiger partial charge on any atom is -0.228 e. The molecule has 11 aromatic rings. The van der Waals surface area contributed by atoms with Gasteiger partial charge in [0.25, 0.3) is 0 Å². The molecule has 292 valence electrons. The first kappa shape index (κ1) is 34.9. The summed E-state index contributed by atoms with van der Waals surface area (Å²) in [5, 5.41) is 2.62. The van der Waals surface area contributed by atoms with Gasteiger partial charge in [0, 0.05) is 36.9 Å². The van der Waals surface area contributed by atoms with Crippen LogP contribution in [-0.4, -0.2) is 9.97 Å². The van der Waals surface area contributed by atoms with Gasteiger partial charge in [-0.25, -0.2) is 9.97 Å². The molecule has 2 heterocycles. The maximum absolute atomic E-state index is 5.37. The Bertz CT molecular complexity index is 3540. The Kier molecular flexibility index (Phi) is 7.15. The van der Waals surface area contributed by atoms with E-state index in [0.29, 0.717) is 5.82 Å². The van der Waals surface area contributed by atoms with Gasteiger partial charge in [-0.2, -0.15) is 0 Å². The summed E-state index contributed by atoms with van der Waals surface area (Å²) in [6, 6.07) is 81.1. The Morgan fingerprint density at radius 3 is 1.40 bits per heavy atom. The van der Waals surface area contributed by atoms with Gasteiger partial charge in [0.15, 0.2) is 5.82 Å². The van der Waals surface area contributed by atoms with Crippen LogP contribution in [-0.2, 0) is 10.8 Å². The quantitative estimate of drug-likeness (QED) is 0.177. The highest BCUT2D eigenvalue weighted by molar-refractivity contribution is 7.25. The van der Waals surface area contributed by atoms with Crippen molar-refractivity contribution in [3.05, 3.63) is 263 Å². The molecule has 0 saturated carbocycles. The van der Waals surface area contributed by atoms with Crippen LogP contribution in [0, 0.1) is 0 Å². The number of fused-ring (bicyclic) bond motifs is 19. The third-order valence-corrected chi connectivity index (χ3v) is 15.3. The van der Waals surface area contributed by atoms with Gasteiger partial charge in [0.05, 0.1) is 22.2 Å². The van der Waals surface area contributed by atoms with E-state index < -0.39 is 10.8 Å². The number of benzene rings is 9. The molecule has 63 heavy (non-hydrogen) atoms. The average Bonchev–Trinajstić information content (AvgIpc) is 3.97. The molecule has 0 radical (unpaired) electrons. The van der Waals surface area contributed by atoms with E-state index >= 15 is 0 Å². The van der Waals surface area contributed by atoms with Crippen LogP contribution in [0.25, 0.3) is 76.3 Å². The lowest BCUT2D eigenvalue weighted by molar-refractivity contribution is 0.633. The maximum Gasteiger partial charge on any atom is 0.160 e. The molecule has 0 fully saturated rings. The van der Waals surface area contributed by atoms with E-state index in [1.54, 1.807) is 0 Å². The van der Waals surface area contributed by atoms with E-state index in [2.05, 4.69) is 212 Å². The molecule has 0 bridgehead atoms. The predicted octanol–water partition coefficient (Wildman–Crippen LogP) is 14.9. The summed E-state index contributed by atoms with van der Waals surface area (Å²) in [4.78, 5) is 10.5. The van der Waals surface area contributed by atoms with Crippen LogP contribution in [0.1, 0.15) is 44.5 Å². The van der Waals surface area contributed by atoms with E-state index in [1.165, 1.54) is 86.9 Å². The fourth-order valence-electron chi connectivity index (χ4n) is 11.7. The zero-order valence-electron chi connectivity index (χ0n) is 34.1. The normalized spacial score (nSPS) is 14.3. The van der Waals surface area contributed by atoms with Crippen molar-refractivity contribution in [3.63, 3.8) is 0 Å². The smallest absolute Gasteiger partial charge is 0.160 e. The molecule has 0 aliphatic heterocycles. The molecule has 0 unspecified atom stereocenters. The van der Waals surface area contributed by atoms with Crippen LogP contribution in [0.15, 0.2) is 218 Å². The van der Waals surface area contributed by atoms with E-state index in [4.69, 9.17) is 9.97 Å². The third kappa shape index (κ3) is 4.56. The van der Waals surface area contributed by atoms with Gasteiger partial charge < -0.3 is 0 Å². The van der Waals surface area contributed by atoms with E-state index in [1.807, 2.05) is 17.4 Å². The second kappa shape index (κ2) is 12.9. The number of hydrogen-bond acceptors (Lipinski definition) is 3. The first-order valence-electron chi connectivity index (χ1n) is 21.7. The fourth-order valence-corrected chi connectivity index (χ4v) is 12.9. The Morgan fingerprint density at radius 2 is 0.762 bits per heavy atom. The molecular weight excluding hydrogens is 781 g/mol. The minimum absolute atomic E-state index is 0.507. The van der Waals surface area contributed by atoms with Crippen molar-refractivity contribution in [1.82, 2.24) is 9.97 Å². The van der Waals surface area contributed by atoms with Crippen molar-refractivity contribution in [1.29, 1.82) is 0 Å². The van der Waals surface area contributed by atoms with Gasteiger partial charge in [0.2, 0.25) is 0 Å². The second-order valence-electron chi connectivity index (χ2n) is 17.1. The second-order valence-corrected chi connectivity index (χ2v) is 18.2. The van der Waals surface area contributed by atoms with Crippen molar-refractivity contribution in [2.24, 2.45) is 0 Å². The summed E-state index contributed by atoms with van der Waals surface area (Å²) in [6.07, 6.45) is 0. The molecule has 3 aliphatic rings. The first-order chi connectivity index (χ1) is 31.2. The highest BCUT2D eigenvalue weighted by Crippen LogP contribution is 2.68. The van der Waals surface area contributed by atoms with Crippen LogP contribution < -0.4 is 0 Å². The summed E-state index contributed by atoms with van der Waals surface area (Å²) in [6.45, 7) is 0. The molecule has 14 rings (SSSR count). The first-order valence-corrected chi connectivity index (χ1v) is 22.5. The third-order valence-electron chi connectivity index (χ3n) is 14.2. The molecule has 0 atom stereocenters. The van der Waals surface area contributed by atoms with Gasteiger partial charge in [-0.1, -0.05) is 188 Å². The SMILES string of the molecule is c1ccc(-c2cc(-c3ccc4c(c3)C3(c5cc6c(cc5-4)sc4ccccc46)c4ccccc4C4(c5ccccc5-c5ccccc54)c4ccccc43)nc(-c3ccccc3)n2)cc1. The lowest BCUT2D eigenvalue weighted by Crippen LogP contribution is -2.43. The van der Waals surface area contributed by atoms with Crippen LogP contribution in [0.3, 0.4) is 0 Å². The number of hydrogen-bond donors (Lipinski definition) is 0. The lowest BCUT2D eigenvalue weighted by Gasteiger charge is -2.48. The molecule has 0 amide bonds. The molecule has 0 saturated heterocycles. The Labute approximate surface area is 369 Å². The van der Waals surface area contributed by atoms with Crippen molar-refractivity contribution in [3.8, 4) is 56.2 Å². The van der Waals surface area contributed by atoms with Crippen LogP contribution >= 0.6 is 11.3 Å². The van der Waals surface area contributed by atoms with Gasteiger partial charge in [-0.15, -0.1) is 11.3 Å². The molecule has 2 aromatic heterocycles. The Hall–Kier alpha value is -7.72. The number of thiophene rings is 1. The standard InChI is InChI=1S/C60H36N2S/c1-3-17-37(18-4-1)54-36-55(62-58(61-54)38-19-5-2-6-20-38)39-31-32-42-44-35-57-45(43-23-9-16-30-56(43)63-57)34-53(44)60(52(42)33-39)50-28-14-12-26-48(50)59(49-27-13-15-29-51(49)60)46-24-10-7-21-40(46)41-22-8-11-25-47(41)59/h1-36H. The van der Waals surface area contributed by atoms with Gasteiger partial charge in [-0.05, 0) is 97.1 Å². The van der Waals surface area contributed by atoms with E-state index in [-0.39, 0.29) is 0 Å². The Morgan fingerprint density at radius 1 is 0.286 bits per heavy atom. The van der Waals surface area contributed by atoms with Gasteiger partial charge >= 0.3 is 0 Å². The lowest BCUT2D eigenvalue weighted by atomic mass is 9.52. The summed E-state index contributed by atoms with van der Waals surface area (Å²) in [5.74, 6) is 0.714. The van der Waals surface area contributed by atoms with Crippen molar-refractivity contribution < 1.29 is 0 Å². The summed E-state index contributed by atoms with van der Waals surface area (Å²) >= 11 is 1.89. The zero-order valence-corrected chi connectivity index (χ0v) is 34.9. The van der Waals surface area contributed by atoms with Gasteiger partial charge in [-0.3, -0.25) is 0 Å². The number of nitrogens with zero attached hydrogens (tertiary/aromatic N) is 2. The monoisotopic (exact) mass is 816 g/mol. The zero-order chi connectivity index (χ0) is 41.3. The molecule has 0 N–H and O–H groups in total. The maximum atomic E-state index is 5.37. The topological polar surface area (TPSA) is 25.8 Å². The molecule has 3 aliphatic carbocycles. The van der Waals surface area contributed by atoms with Crippen molar-refractivity contribution in [2.45, 2.75) is 10.8 Å². The average molecular weight is 817 g/mol. The summed E-state index contributed by atoms with van der Waals surface area (Å²) in [7, 11) is 0. The summed E-state index contributed by atoms with van der Waals surface area (Å²) in [5.41, 5.74) is 19.6. The largest absolute Gasteiger partial charge is 0.228 e. The number of rotatable bonds is 3. The highest BCUT2D eigenvalue weighted by atomic mass is 32.1.